The van der Waals surface area contributed by atoms with Gasteiger partial charge in [-0.1, -0.05) is 40.2 Å². The Morgan fingerprint density at radius 3 is 2.20 bits per heavy atom. The van der Waals surface area contributed by atoms with Gasteiger partial charge in [-0.3, -0.25) is 19.4 Å². The van der Waals surface area contributed by atoms with Crippen LogP contribution in [0, 0.1) is 0 Å². The molecule has 2 amide bonds. The first kappa shape index (κ1) is 19.9. The van der Waals surface area contributed by atoms with E-state index >= 15 is 0 Å². The number of halogens is 1. The number of rotatable bonds is 3. The van der Waals surface area contributed by atoms with E-state index in [1.807, 2.05) is 24.3 Å². The average molecular weight is 468 g/mol. The fraction of sp³-hybridized carbons (Fsp3) is 0.417. The lowest BCUT2D eigenvalue weighted by molar-refractivity contribution is -0.123. The van der Waals surface area contributed by atoms with Gasteiger partial charge >= 0.3 is 0 Å². The van der Waals surface area contributed by atoms with Crippen LogP contribution in [0.3, 0.4) is 0 Å². The molecule has 2 atom stereocenters. The van der Waals surface area contributed by atoms with E-state index in [1.165, 1.54) is 22.4 Å². The second-order valence-corrected chi connectivity index (χ2v) is 9.42. The molecule has 30 heavy (non-hydrogen) atoms. The Bertz CT molecular complexity index is 953. The number of hydrogen-bond acceptors (Lipinski definition) is 4. The number of piperazine rings is 1. The summed E-state index contributed by atoms with van der Waals surface area (Å²) >= 11 is 3.40. The van der Waals surface area contributed by atoms with Gasteiger partial charge < -0.3 is 0 Å². The van der Waals surface area contributed by atoms with E-state index < -0.39 is 0 Å². The highest BCUT2D eigenvalue weighted by Crippen LogP contribution is 2.29. The molecule has 5 rings (SSSR count). The molecule has 2 aromatic rings. The number of nitrogens with zero attached hydrogens (tertiary/aromatic N) is 3. The topological polar surface area (TPSA) is 43.9 Å². The van der Waals surface area contributed by atoms with Crippen LogP contribution in [0.5, 0.6) is 0 Å². The third-order valence-electron chi connectivity index (χ3n) is 6.83. The maximum absolute atomic E-state index is 13.1. The standard InChI is InChI=1S/C24H26BrN3O2/c25-19-6-9-20(10-7-19)28-23(29)16-22(24(28)30)27-13-11-26(12-14-27)21-8-5-17-3-1-2-4-18(17)15-21/h1-4,6-7,9-10,21-22H,5,8,11-16H2/t21-,22+/m0/s1. The number of amides is 2. The molecule has 2 aliphatic heterocycles. The molecular weight excluding hydrogens is 442 g/mol. The van der Waals surface area contributed by atoms with Crippen LogP contribution in [-0.2, 0) is 22.4 Å². The van der Waals surface area contributed by atoms with Crippen molar-refractivity contribution in [3.05, 3.63) is 64.1 Å². The minimum atomic E-state index is -0.324. The van der Waals surface area contributed by atoms with Gasteiger partial charge in [-0.25, -0.2) is 4.90 Å². The van der Waals surface area contributed by atoms with Crippen LogP contribution < -0.4 is 4.90 Å². The number of imide groups is 1. The van der Waals surface area contributed by atoms with Crippen molar-refractivity contribution in [1.82, 2.24) is 9.80 Å². The zero-order valence-corrected chi connectivity index (χ0v) is 18.6. The van der Waals surface area contributed by atoms with Gasteiger partial charge in [0.25, 0.3) is 5.91 Å². The molecular formula is C24H26BrN3O2. The van der Waals surface area contributed by atoms with Crippen molar-refractivity contribution in [2.24, 2.45) is 0 Å². The van der Waals surface area contributed by atoms with E-state index in [1.54, 1.807) is 0 Å². The zero-order valence-electron chi connectivity index (χ0n) is 17.0. The molecule has 156 valence electrons. The van der Waals surface area contributed by atoms with Crippen molar-refractivity contribution >= 4 is 33.4 Å². The van der Waals surface area contributed by atoms with Crippen molar-refractivity contribution < 1.29 is 9.59 Å². The van der Waals surface area contributed by atoms with E-state index in [0.717, 1.165) is 43.5 Å². The van der Waals surface area contributed by atoms with Crippen LogP contribution in [0.25, 0.3) is 0 Å². The molecule has 0 spiro atoms. The molecule has 5 nitrogen and oxygen atoms in total. The van der Waals surface area contributed by atoms with Gasteiger partial charge in [0.05, 0.1) is 18.2 Å². The lowest BCUT2D eigenvalue weighted by Crippen LogP contribution is -2.55. The Labute approximate surface area is 185 Å². The fourth-order valence-corrected chi connectivity index (χ4v) is 5.43. The Kier molecular flexibility index (Phi) is 5.48. The van der Waals surface area contributed by atoms with Crippen molar-refractivity contribution in [3.63, 3.8) is 0 Å². The first-order valence-corrected chi connectivity index (χ1v) is 11.6. The molecule has 1 aliphatic carbocycles. The Hall–Kier alpha value is -2.02. The third-order valence-corrected chi connectivity index (χ3v) is 7.36. The van der Waals surface area contributed by atoms with Gasteiger partial charge in [0.15, 0.2) is 0 Å². The highest BCUT2D eigenvalue weighted by Gasteiger charge is 2.43. The minimum Gasteiger partial charge on any atom is -0.298 e. The molecule has 2 heterocycles. The second kappa shape index (κ2) is 8.25. The predicted molar refractivity (Wildman–Crippen MR) is 120 cm³/mol. The van der Waals surface area contributed by atoms with Crippen LogP contribution in [0.4, 0.5) is 5.69 Å². The van der Waals surface area contributed by atoms with Crippen LogP contribution >= 0.6 is 15.9 Å². The summed E-state index contributed by atoms with van der Waals surface area (Å²) in [7, 11) is 0. The molecule has 6 heteroatoms. The lowest BCUT2D eigenvalue weighted by atomic mass is 9.87. The highest BCUT2D eigenvalue weighted by molar-refractivity contribution is 9.10. The summed E-state index contributed by atoms with van der Waals surface area (Å²) in [6.07, 6.45) is 3.76. The van der Waals surface area contributed by atoms with Crippen molar-refractivity contribution in [2.45, 2.75) is 37.8 Å². The SMILES string of the molecule is O=C1C[C@@H](N2CCN([C@H]3CCc4ccccc4C3)CC2)C(=O)N1c1ccc(Br)cc1. The summed E-state index contributed by atoms with van der Waals surface area (Å²) in [6, 6.07) is 16.4. The summed E-state index contributed by atoms with van der Waals surface area (Å²) in [5, 5.41) is 0. The molecule has 3 aliphatic rings. The van der Waals surface area contributed by atoms with E-state index in [0.29, 0.717) is 11.7 Å². The normalized spacial score (nSPS) is 25.6. The van der Waals surface area contributed by atoms with Crippen molar-refractivity contribution in [3.8, 4) is 0 Å². The first-order valence-electron chi connectivity index (χ1n) is 10.8. The van der Waals surface area contributed by atoms with Gasteiger partial charge in [0.2, 0.25) is 5.91 Å². The largest absolute Gasteiger partial charge is 0.298 e. The highest BCUT2D eigenvalue weighted by atomic mass is 79.9. The maximum atomic E-state index is 13.1. The van der Waals surface area contributed by atoms with Gasteiger partial charge in [-0.15, -0.1) is 0 Å². The molecule has 0 N–H and O–H groups in total. The molecule has 0 saturated carbocycles. The van der Waals surface area contributed by atoms with Gasteiger partial charge in [0.1, 0.15) is 0 Å². The molecule has 0 aromatic heterocycles. The number of hydrogen-bond donors (Lipinski definition) is 0. The zero-order chi connectivity index (χ0) is 20.7. The predicted octanol–water partition coefficient (Wildman–Crippen LogP) is 3.26. The van der Waals surface area contributed by atoms with Crippen LogP contribution in [0.15, 0.2) is 53.0 Å². The quantitative estimate of drug-likeness (QED) is 0.649. The second-order valence-electron chi connectivity index (χ2n) is 8.50. The number of fused-ring (bicyclic) bond motifs is 1. The lowest BCUT2D eigenvalue weighted by Gasteiger charge is -2.42. The summed E-state index contributed by atoms with van der Waals surface area (Å²) < 4.78 is 0.934. The summed E-state index contributed by atoms with van der Waals surface area (Å²) in [5.74, 6) is -0.180. The number of anilines is 1. The summed E-state index contributed by atoms with van der Waals surface area (Å²) in [4.78, 5) is 31.8. The number of carbonyl (C=O) groups excluding carboxylic acids is 2. The molecule has 2 aromatic carbocycles. The summed E-state index contributed by atoms with van der Waals surface area (Å²) in [5.41, 5.74) is 3.64. The Morgan fingerprint density at radius 1 is 0.800 bits per heavy atom. The van der Waals surface area contributed by atoms with E-state index in [-0.39, 0.29) is 24.3 Å². The van der Waals surface area contributed by atoms with Crippen molar-refractivity contribution in [2.75, 3.05) is 31.1 Å². The monoisotopic (exact) mass is 467 g/mol. The Balaban J connectivity index is 1.21. The van der Waals surface area contributed by atoms with Gasteiger partial charge in [-0.2, -0.15) is 0 Å². The van der Waals surface area contributed by atoms with E-state index in [4.69, 9.17) is 0 Å². The van der Waals surface area contributed by atoms with E-state index in [2.05, 4.69) is 50.0 Å². The van der Waals surface area contributed by atoms with E-state index in [9.17, 15) is 9.59 Å². The molecule has 0 radical (unpaired) electrons. The van der Waals surface area contributed by atoms with Gasteiger partial charge in [0, 0.05) is 36.7 Å². The van der Waals surface area contributed by atoms with Gasteiger partial charge in [-0.05, 0) is 54.7 Å². The van der Waals surface area contributed by atoms with Crippen LogP contribution in [0.2, 0.25) is 0 Å². The fourth-order valence-electron chi connectivity index (χ4n) is 5.17. The average Bonchev–Trinajstić information content (AvgIpc) is 3.08. The number of carbonyl (C=O) groups is 2. The number of benzene rings is 2. The molecule has 0 bridgehead atoms. The van der Waals surface area contributed by atoms with Crippen LogP contribution in [0.1, 0.15) is 24.0 Å². The van der Waals surface area contributed by atoms with Crippen LogP contribution in [-0.4, -0.2) is 59.9 Å². The first-order chi connectivity index (χ1) is 14.6. The summed E-state index contributed by atoms with van der Waals surface area (Å²) in [6.45, 7) is 3.61. The molecule has 2 fully saturated rings. The maximum Gasteiger partial charge on any atom is 0.251 e. The van der Waals surface area contributed by atoms with Crippen molar-refractivity contribution in [1.29, 1.82) is 0 Å². The molecule has 2 saturated heterocycles. The Morgan fingerprint density at radius 2 is 1.47 bits per heavy atom. The smallest absolute Gasteiger partial charge is 0.251 e. The third kappa shape index (κ3) is 3.72. The number of aryl methyl sites for hydroxylation is 1. The minimum absolute atomic E-state index is 0.0811. The molecule has 0 unspecified atom stereocenters.